The topological polar surface area (TPSA) is 112 Å². The molecule has 2 N–H and O–H groups in total. The largest absolute Gasteiger partial charge is 0.348 e. The molecule has 1 fully saturated rings. The molecule has 2 heterocycles. The van der Waals surface area contributed by atoms with Gasteiger partial charge in [0, 0.05) is 25.2 Å². The quantitative estimate of drug-likeness (QED) is 0.771. The number of aromatic amines is 1. The first kappa shape index (κ1) is 16.6. The van der Waals surface area contributed by atoms with E-state index in [4.69, 9.17) is 0 Å². The van der Waals surface area contributed by atoms with Crippen LogP contribution in [0, 0.1) is 0 Å². The number of piperidine rings is 1. The van der Waals surface area contributed by atoms with Crippen LogP contribution in [0.25, 0.3) is 0 Å². The smallest absolute Gasteiger partial charge is 0.271 e. The Morgan fingerprint density at radius 2 is 2.09 bits per heavy atom. The highest BCUT2D eigenvalue weighted by Crippen LogP contribution is 2.15. The fourth-order valence-electron chi connectivity index (χ4n) is 2.40. The van der Waals surface area contributed by atoms with Gasteiger partial charge >= 0.3 is 0 Å². The van der Waals surface area contributed by atoms with Crippen LogP contribution in [0.4, 0.5) is 0 Å². The highest BCUT2D eigenvalue weighted by atomic mass is 32.2. The lowest BCUT2D eigenvalue weighted by molar-refractivity contribution is 0.0917. The van der Waals surface area contributed by atoms with Gasteiger partial charge in [-0.25, -0.2) is 17.8 Å². The van der Waals surface area contributed by atoms with E-state index >= 15 is 0 Å². The van der Waals surface area contributed by atoms with Crippen LogP contribution in [0.2, 0.25) is 0 Å². The van der Waals surface area contributed by atoms with Crippen molar-refractivity contribution in [1.29, 1.82) is 0 Å². The average Bonchev–Trinajstić information content (AvgIpc) is 2.48. The number of H-pyrrole nitrogens is 1. The van der Waals surface area contributed by atoms with Crippen LogP contribution in [0.15, 0.2) is 16.9 Å². The summed E-state index contributed by atoms with van der Waals surface area (Å²) in [6, 6.07) is 2.51. The molecule has 2 rings (SSSR count). The molecule has 1 aliphatic rings. The van der Waals surface area contributed by atoms with Crippen molar-refractivity contribution in [1.82, 2.24) is 19.8 Å². The summed E-state index contributed by atoms with van der Waals surface area (Å²) in [7, 11) is -3.17. The molecule has 0 unspecified atom stereocenters. The summed E-state index contributed by atoms with van der Waals surface area (Å²) in [5.74, 6) is -0.211. The number of aromatic nitrogens is 2. The normalized spacial score (nSPS) is 17.3. The minimum absolute atomic E-state index is 0.0886. The third-order valence-corrected chi connectivity index (χ3v) is 5.63. The van der Waals surface area contributed by atoms with Gasteiger partial charge in [-0.15, -0.1) is 0 Å². The zero-order valence-electron chi connectivity index (χ0n) is 12.4. The predicted molar refractivity (Wildman–Crippen MR) is 81.0 cm³/mol. The van der Waals surface area contributed by atoms with Crippen LogP contribution in [0.5, 0.6) is 0 Å². The zero-order valence-corrected chi connectivity index (χ0v) is 13.2. The number of hydrogen-bond acceptors (Lipinski definition) is 5. The lowest BCUT2D eigenvalue weighted by Crippen LogP contribution is -2.47. The zero-order chi connectivity index (χ0) is 16.2. The molecule has 1 aromatic heterocycles. The highest BCUT2D eigenvalue weighted by molar-refractivity contribution is 7.89. The Morgan fingerprint density at radius 3 is 2.64 bits per heavy atom. The van der Waals surface area contributed by atoms with E-state index in [1.807, 2.05) is 6.92 Å². The Kier molecular flexibility index (Phi) is 5.30. The van der Waals surface area contributed by atoms with Gasteiger partial charge in [0.05, 0.1) is 5.75 Å². The van der Waals surface area contributed by atoms with Crippen molar-refractivity contribution in [2.75, 3.05) is 18.8 Å². The maximum absolute atomic E-state index is 12.0. The van der Waals surface area contributed by atoms with E-state index in [2.05, 4.69) is 15.5 Å². The standard InChI is InChI=1S/C13H20N4O4S/c1-2-9-22(20,21)17-7-5-10(6-8-17)14-13(19)11-3-4-12(18)16-15-11/h3-4,10H,2,5-9H2,1H3,(H,14,19)(H,16,18). The van der Waals surface area contributed by atoms with E-state index in [1.54, 1.807) is 0 Å². The highest BCUT2D eigenvalue weighted by Gasteiger charge is 2.28. The molecule has 0 atom stereocenters. The monoisotopic (exact) mass is 328 g/mol. The van der Waals surface area contributed by atoms with Crippen molar-refractivity contribution >= 4 is 15.9 Å². The van der Waals surface area contributed by atoms with Crippen molar-refractivity contribution in [2.24, 2.45) is 0 Å². The van der Waals surface area contributed by atoms with Gasteiger partial charge in [-0.1, -0.05) is 6.92 Å². The molecule has 22 heavy (non-hydrogen) atoms. The van der Waals surface area contributed by atoms with E-state index in [0.717, 1.165) is 0 Å². The molecule has 9 heteroatoms. The maximum atomic E-state index is 12.0. The fraction of sp³-hybridized carbons (Fsp3) is 0.615. The van der Waals surface area contributed by atoms with Crippen molar-refractivity contribution in [3.8, 4) is 0 Å². The van der Waals surface area contributed by atoms with Crippen molar-refractivity contribution in [3.63, 3.8) is 0 Å². The predicted octanol–water partition coefficient (Wildman–Crippen LogP) is -0.296. The number of nitrogens with one attached hydrogen (secondary N) is 2. The minimum Gasteiger partial charge on any atom is -0.348 e. The third kappa shape index (κ3) is 4.14. The van der Waals surface area contributed by atoms with Gasteiger partial charge in [-0.3, -0.25) is 9.59 Å². The molecule has 1 amide bonds. The molecule has 8 nitrogen and oxygen atoms in total. The second kappa shape index (κ2) is 7.01. The molecule has 0 aromatic carbocycles. The second-order valence-electron chi connectivity index (χ2n) is 5.27. The van der Waals surface area contributed by atoms with Crippen LogP contribution in [0.1, 0.15) is 36.7 Å². The average molecular weight is 328 g/mol. The summed E-state index contributed by atoms with van der Waals surface area (Å²) in [4.78, 5) is 22.9. The fourth-order valence-corrected chi connectivity index (χ4v) is 3.94. The van der Waals surface area contributed by atoms with E-state index in [0.29, 0.717) is 32.4 Å². The Labute approximate surface area is 129 Å². The van der Waals surface area contributed by atoms with Crippen molar-refractivity contribution in [2.45, 2.75) is 32.2 Å². The van der Waals surface area contributed by atoms with Gasteiger partial charge in [0.2, 0.25) is 10.0 Å². The van der Waals surface area contributed by atoms with Crippen LogP contribution < -0.4 is 10.9 Å². The molecular formula is C13H20N4O4S. The number of rotatable bonds is 5. The molecule has 0 bridgehead atoms. The van der Waals surface area contributed by atoms with E-state index < -0.39 is 10.0 Å². The Bertz CT molecular complexity index is 657. The summed E-state index contributed by atoms with van der Waals surface area (Å²) in [6.45, 7) is 2.65. The number of hydrogen-bond donors (Lipinski definition) is 2. The minimum atomic E-state index is -3.17. The Morgan fingerprint density at radius 1 is 1.41 bits per heavy atom. The molecule has 1 aromatic rings. The van der Waals surface area contributed by atoms with E-state index in [-0.39, 0.29) is 29.0 Å². The number of nitrogens with zero attached hydrogens (tertiary/aromatic N) is 2. The molecule has 0 spiro atoms. The van der Waals surface area contributed by atoms with Gasteiger partial charge in [0.15, 0.2) is 0 Å². The van der Waals surface area contributed by atoms with Gasteiger partial charge in [0.25, 0.3) is 11.5 Å². The first-order chi connectivity index (χ1) is 10.4. The lowest BCUT2D eigenvalue weighted by atomic mass is 10.1. The van der Waals surface area contributed by atoms with Crippen LogP contribution >= 0.6 is 0 Å². The summed E-state index contributed by atoms with van der Waals surface area (Å²) >= 11 is 0. The van der Waals surface area contributed by atoms with Gasteiger partial charge in [0.1, 0.15) is 5.69 Å². The first-order valence-electron chi connectivity index (χ1n) is 7.27. The summed E-state index contributed by atoms with van der Waals surface area (Å²) < 4.78 is 25.4. The Hall–Kier alpha value is -1.74. The molecule has 0 aliphatic carbocycles. The summed E-state index contributed by atoms with van der Waals surface area (Å²) in [5.41, 5.74) is -0.230. The van der Waals surface area contributed by atoms with E-state index in [1.165, 1.54) is 16.4 Å². The molecular weight excluding hydrogens is 308 g/mol. The lowest BCUT2D eigenvalue weighted by Gasteiger charge is -2.31. The molecule has 122 valence electrons. The van der Waals surface area contributed by atoms with E-state index in [9.17, 15) is 18.0 Å². The first-order valence-corrected chi connectivity index (χ1v) is 8.87. The second-order valence-corrected chi connectivity index (χ2v) is 7.36. The van der Waals surface area contributed by atoms with Crippen LogP contribution in [-0.4, -0.2) is 53.7 Å². The van der Waals surface area contributed by atoms with Crippen LogP contribution in [0.3, 0.4) is 0 Å². The van der Waals surface area contributed by atoms with Gasteiger partial charge in [-0.2, -0.15) is 5.10 Å². The maximum Gasteiger partial charge on any atom is 0.271 e. The molecule has 0 radical (unpaired) electrons. The molecule has 1 aliphatic heterocycles. The number of carbonyl (C=O) groups excluding carboxylic acids is 1. The number of sulfonamides is 1. The van der Waals surface area contributed by atoms with Gasteiger partial charge < -0.3 is 5.32 Å². The number of carbonyl (C=O) groups is 1. The number of amides is 1. The SMILES string of the molecule is CCCS(=O)(=O)N1CCC(NC(=O)c2ccc(=O)[nH]n2)CC1. The molecule has 1 saturated heterocycles. The summed E-state index contributed by atoms with van der Waals surface area (Å²) in [5, 5.41) is 8.69. The molecule has 0 saturated carbocycles. The van der Waals surface area contributed by atoms with Crippen molar-refractivity contribution < 1.29 is 13.2 Å². The third-order valence-electron chi connectivity index (χ3n) is 3.56. The summed E-state index contributed by atoms with van der Waals surface area (Å²) in [6.07, 6.45) is 1.73. The Balaban J connectivity index is 1.88. The van der Waals surface area contributed by atoms with Gasteiger partial charge in [-0.05, 0) is 25.3 Å². The van der Waals surface area contributed by atoms with Crippen LogP contribution in [-0.2, 0) is 10.0 Å². The van der Waals surface area contributed by atoms with Crippen molar-refractivity contribution in [3.05, 3.63) is 28.2 Å².